The number of rotatable bonds is 3. The lowest BCUT2D eigenvalue weighted by Gasteiger charge is -2.35. The van der Waals surface area contributed by atoms with Crippen molar-refractivity contribution in [1.82, 2.24) is 19.7 Å². The Bertz CT molecular complexity index is 706. The van der Waals surface area contributed by atoms with Crippen LogP contribution in [0.25, 0.3) is 0 Å². The molecule has 0 aliphatic carbocycles. The Labute approximate surface area is 133 Å². The van der Waals surface area contributed by atoms with Crippen molar-refractivity contribution in [3.05, 3.63) is 41.5 Å². The van der Waals surface area contributed by atoms with Crippen molar-refractivity contribution in [2.75, 3.05) is 31.1 Å². The van der Waals surface area contributed by atoms with E-state index in [2.05, 4.69) is 19.7 Å². The summed E-state index contributed by atoms with van der Waals surface area (Å²) in [4.78, 5) is 4.28. The lowest BCUT2D eigenvalue weighted by Crippen LogP contribution is -2.46. The first kappa shape index (κ1) is 14.6. The van der Waals surface area contributed by atoms with Crippen molar-refractivity contribution < 1.29 is 8.78 Å². The van der Waals surface area contributed by atoms with Crippen LogP contribution < -0.4 is 4.90 Å². The van der Waals surface area contributed by atoms with Crippen LogP contribution in [0.15, 0.2) is 18.2 Å². The number of hydrogen-bond acceptors (Lipinski definition) is 4. The summed E-state index contributed by atoms with van der Waals surface area (Å²) in [7, 11) is 0. The van der Waals surface area contributed by atoms with Crippen LogP contribution >= 0.6 is 0 Å². The number of piperazine rings is 1. The zero-order valence-electron chi connectivity index (χ0n) is 12.9. The summed E-state index contributed by atoms with van der Waals surface area (Å²) in [5.41, 5.74) is 0.481. The summed E-state index contributed by atoms with van der Waals surface area (Å²) in [5, 5.41) is 8.52. The van der Waals surface area contributed by atoms with E-state index in [-0.39, 0.29) is 0 Å². The van der Waals surface area contributed by atoms with Crippen molar-refractivity contribution >= 4 is 5.69 Å². The summed E-state index contributed by atoms with van der Waals surface area (Å²) >= 11 is 0. The standard InChI is InChI=1S/C16H19F2N5/c17-12-3-4-14(13(18)10-12)22-8-6-21(7-9-22)11-16-20-19-15-2-1-5-23(15)16/h3-4,10H,1-2,5-9,11H2. The molecule has 2 aromatic rings. The largest absolute Gasteiger partial charge is 0.367 e. The summed E-state index contributed by atoms with van der Waals surface area (Å²) in [6.45, 7) is 4.91. The third-order valence-electron chi connectivity index (χ3n) is 4.67. The van der Waals surface area contributed by atoms with Gasteiger partial charge in [-0.3, -0.25) is 4.90 Å². The quantitative estimate of drug-likeness (QED) is 0.865. The fraction of sp³-hybridized carbons (Fsp3) is 0.500. The summed E-state index contributed by atoms with van der Waals surface area (Å²) in [6, 6.07) is 3.78. The van der Waals surface area contributed by atoms with Gasteiger partial charge in [0.1, 0.15) is 23.3 Å². The highest BCUT2D eigenvalue weighted by molar-refractivity contribution is 5.48. The molecule has 23 heavy (non-hydrogen) atoms. The molecule has 2 aliphatic heterocycles. The maximum atomic E-state index is 13.9. The van der Waals surface area contributed by atoms with Gasteiger partial charge in [-0.1, -0.05) is 0 Å². The summed E-state index contributed by atoms with van der Waals surface area (Å²) in [6.07, 6.45) is 2.17. The maximum Gasteiger partial charge on any atom is 0.149 e. The lowest BCUT2D eigenvalue weighted by molar-refractivity contribution is 0.240. The van der Waals surface area contributed by atoms with E-state index in [1.54, 1.807) is 0 Å². The van der Waals surface area contributed by atoms with Gasteiger partial charge in [0.05, 0.1) is 12.2 Å². The predicted octanol–water partition coefficient (Wildman–Crippen LogP) is 1.82. The van der Waals surface area contributed by atoms with Crippen LogP contribution in [0, 0.1) is 11.6 Å². The number of benzene rings is 1. The van der Waals surface area contributed by atoms with Gasteiger partial charge >= 0.3 is 0 Å². The Morgan fingerprint density at radius 3 is 2.61 bits per heavy atom. The number of fused-ring (bicyclic) bond motifs is 1. The molecule has 0 spiro atoms. The number of anilines is 1. The second-order valence-corrected chi connectivity index (χ2v) is 6.15. The molecule has 2 aliphatic rings. The highest BCUT2D eigenvalue weighted by Crippen LogP contribution is 2.22. The van der Waals surface area contributed by atoms with Gasteiger partial charge in [-0.05, 0) is 18.6 Å². The van der Waals surface area contributed by atoms with Gasteiger partial charge in [0.25, 0.3) is 0 Å². The zero-order valence-corrected chi connectivity index (χ0v) is 12.9. The van der Waals surface area contributed by atoms with Crippen LogP contribution in [0.3, 0.4) is 0 Å². The van der Waals surface area contributed by atoms with Crippen LogP contribution in [0.5, 0.6) is 0 Å². The highest BCUT2D eigenvalue weighted by atomic mass is 19.1. The van der Waals surface area contributed by atoms with Gasteiger partial charge in [0.2, 0.25) is 0 Å². The van der Waals surface area contributed by atoms with Crippen molar-refractivity contribution in [3.8, 4) is 0 Å². The molecule has 5 nitrogen and oxygen atoms in total. The molecule has 0 saturated carbocycles. The van der Waals surface area contributed by atoms with Gasteiger partial charge < -0.3 is 9.47 Å². The number of hydrogen-bond donors (Lipinski definition) is 0. The molecule has 0 radical (unpaired) electrons. The average Bonchev–Trinajstić information content (AvgIpc) is 3.13. The van der Waals surface area contributed by atoms with E-state index in [0.717, 1.165) is 69.8 Å². The van der Waals surface area contributed by atoms with Crippen LogP contribution in [0.2, 0.25) is 0 Å². The Kier molecular flexibility index (Phi) is 3.72. The molecule has 0 atom stereocenters. The van der Waals surface area contributed by atoms with Crippen LogP contribution in [0.4, 0.5) is 14.5 Å². The van der Waals surface area contributed by atoms with Crippen molar-refractivity contribution in [3.63, 3.8) is 0 Å². The van der Waals surface area contributed by atoms with E-state index < -0.39 is 11.6 Å². The highest BCUT2D eigenvalue weighted by Gasteiger charge is 2.23. The van der Waals surface area contributed by atoms with Crippen molar-refractivity contribution in [2.24, 2.45) is 0 Å². The Hall–Kier alpha value is -2.02. The molecular formula is C16H19F2N5. The molecule has 0 unspecified atom stereocenters. The number of nitrogens with zero attached hydrogens (tertiary/aromatic N) is 5. The monoisotopic (exact) mass is 319 g/mol. The molecule has 3 heterocycles. The van der Waals surface area contributed by atoms with E-state index in [9.17, 15) is 8.78 Å². The first-order valence-corrected chi connectivity index (χ1v) is 8.04. The van der Waals surface area contributed by atoms with Crippen LogP contribution in [-0.2, 0) is 19.5 Å². The Morgan fingerprint density at radius 1 is 1.00 bits per heavy atom. The summed E-state index contributed by atoms with van der Waals surface area (Å²) in [5.74, 6) is 1.09. The molecule has 1 saturated heterocycles. The van der Waals surface area contributed by atoms with E-state index >= 15 is 0 Å². The first-order valence-electron chi connectivity index (χ1n) is 8.04. The molecule has 0 amide bonds. The van der Waals surface area contributed by atoms with E-state index in [4.69, 9.17) is 0 Å². The normalized spacial score (nSPS) is 18.4. The third-order valence-corrected chi connectivity index (χ3v) is 4.67. The van der Waals surface area contributed by atoms with Crippen molar-refractivity contribution in [1.29, 1.82) is 0 Å². The zero-order chi connectivity index (χ0) is 15.8. The van der Waals surface area contributed by atoms with E-state index in [1.807, 2.05) is 4.90 Å². The molecule has 7 heteroatoms. The SMILES string of the molecule is Fc1ccc(N2CCN(Cc3nnc4n3CCC4)CC2)c(F)c1. The third kappa shape index (κ3) is 2.81. The average molecular weight is 319 g/mol. The van der Waals surface area contributed by atoms with E-state index in [0.29, 0.717) is 5.69 Å². The predicted molar refractivity (Wildman–Crippen MR) is 82.2 cm³/mol. The topological polar surface area (TPSA) is 37.2 Å². The fourth-order valence-corrected chi connectivity index (χ4v) is 3.41. The van der Waals surface area contributed by atoms with Gasteiger partial charge in [-0.2, -0.15) is 0 Å². The number of aromatic nitrogens is 3. The molecule has 4 rings (SSSR count). The fourth-order valence-electron chi connectivity index (χ4n) is 3.41. The van der Waals surface area contributed by atoms with Gasteiger partial charge in [0.15, 0.2) is 0 Å². The van der Waals surface area contributed by atoms with Crippen molar-refractivity contribution in [2.45, 2.75) is 25.9 Å². The smallest absolute Gasteiger partial charge is 0.149 e. The minimum Gasteiger partial charge on any atom is -0.367 e. The molecule has 0 N–H and O–H groups in total. The van der Waals surface area contributed by atoms with Crippen LogP contribution in [0.1, 0.15) is 18.1 Å². The Morgan fingerprint density at radius 2 is 1.83 bits per heavy atom. The number of halogens is 2. The maximum absolute atomic E-state index is 13.9. The lowest BCUT2D eigenvalue weighted by atomic mass is 10.2. The molecule has 1 aromatic carbocycles. The molecule has 122 valence electrons. The minimum absolute atomic E-state index is 0.481. The minimum atomic E-state index is -0.537. The second-order valence-electron chi connectivity index (χ2n) is 6.15. The second kappa shape index (κ2) is 5.88. The van der Waals surface area contributed by atoms with Gasteiger partial charge in [-0.25, -0.2) is 8.78 Å². The molecule has 1 fully saturated rings. The first-order chi connectivity index (χ1) is 11.2. The molecule has 0 bridgehead atoms. The molecule has 1 aromatic heterocycles. The van der Waals surface area contributed by atoms with Gasteiger partial charge in [0, 0.05) is 45.2 Å². The van der Waals surface area contributed by atoms with Gasteiger partial charge in [-0.15, -0.1) is 10.2 Å². The Balaban J connectivity index is 1.39. The van der Waals surface area contributed by atoms with E-state index in [1.165, 1.54) is 12.1 Å². The van der Waals surface area contributed by atoms with Crippen LogP contribution in [-0.4, -0.2) is 45.8 Å². The number of aryl methyl sites for hydroxylation is 1. The summed E-state index contributed by atoms with van der Waals surface area (Å²) < 4.78 is 29.1. The molecular weight excluding hydrogens is 300 g/mol.